The van der Waals surface area contributed by atoms with Crippen molar-refractivity contribution in [3.8, 4) is 5.69 Å². The summed E-state index contributed by atoms with van der Waals surface area (Å²) >= 11 is 11.5. The molecule has 27 heavy (non-hydrogen) atoms. The number of carbonyl (C=O) groups excluding carboxylic acids is 1. The molecule has 0 unspecified atom stereocenters. The van der Waals surface area contributed by atoms with Crippen molar-refractivity contribution in [1.29, 1.82) is 0 Å². The first kappa shape index (κ1) is 21.4. The van der Waals surface area contributed by atoms with E-state index in [-0.39, 0.29) is 40.5 Å². The third-order valence-corrected chi connectivity index (χ3v) is 5.65. The maximum atomic E-state index is 12.3. The Labute approximate surface area is 166 Å². The molecule has 0 aliphatic heterocycles. The first-order valence-corrected chi connectivity index (χ1v) is 10.2. The van der Waals surface area contributed by atoms with Crippen LogP contribution in [0.4, 0.5) is 0 Å². The van der Waals surface area contributed by atoms with Crippen molar-refractivity contribution in [2.24, 2.45) is 0 Å². The second-order valence-corrected chi connectivity index (χ2v) is 7.88. The average molecular weight is 434 g/mol. The number of carbonyl (C=O) groups is 1. The highest BCUT2D eigenvalue weighted by molar-refractivity contribution is 7.89. The number of sulfonamides is 1. The van der Waals surface area contributed by atoms with E-state index in [2.05, 4.69) is 9.82 Å². The third-order valence-electron chi connectivity index (χ3n) is 3.42. The molecule has 8 nitrogen and oxygen atoms in total. The minimum absolute atomic E-state index is 0.00972. The lowest BCUT2D eigenvalue weighted by Crippen LogP contribution is -2.25. The van der Waals surface area contributed by atoms with Gasteiger partial charge in [-0.1, -0.05) is 23.2 Å². The van der Waals surface area contributed by atoms with Gasteiger partial charge in [0.2, 0.25) is 10.0 Å². The van der Waals surface area contributed by atoms with Gasteiger partial charge in [-0.15, -0.1) is 0 Å². The Kier molecular flexibility index (Phi) is 7.37. The van der Waals surface area contributed by atoms with Gasteiger partial charge in [0.05, 0.1) is 28.4 Å². The molecule has 0 radical (unpaired) electrons. The SMILES string of the molecule is CCOC(=O)CCCNS(=O)(=O)c1ccc(-n2ncc(Cl)c(Cl)c2=O)cc1. The van der Waals surface area contributed by atoms with Crippen LogP contribution in [0.15, 0.2) is 40.2 Å². The molecular formula is C16H17Cl2N3O5S. The van der Waals surface area contributed by atoms with Gasteiger partial charge in [0.25, 0.3) is 5.56 Å². The Bertz CT molecular complexity index is 975. The van der Waals surface area contributed by atoms with Crippen molar-refractivity contribution in [3.05, 3.63) is 50.9 Å². The third kappa shape index (κ3) is 5.52. The van der Waals surface area contributed by atoms with Crippen molar-refractivity contribution < 1.29 is 17.9 Å². The van der Waals surface area contributed by atoms with E-state index in [1.54, 1.807) is 6.92 Å². The molecule has 2 aromatic rings. The summed E-state index contributed by atoms with van der Waals surface area (Å²) in [4.78, 5) is 23.3. The monoisotopic (exact) mass is 433 g/mol. The van der Waals surface area contributed by atoms with E-state index in [1.807, 2.05) is 0 Å². The van der Waals surface area contributed by atoms with E-state index in [1.165, 1.54) is 30.5 Å². The predicted octanol–water partition coefficient (Wildman–Crippen LogP) is 2.16. The summed E-state index contributed by atoms with van der Waals surface area (Å²) in [5.74, 6) is -0.374. The first-order valence-electron chi connectivity index (χ1n) is 7.95. The fourth-order valence-electron chi connectivity index (χ4n) is 2.12. The van der Waals surface area contributed by atoms with E-state index in [4.69, 9.17) is 27.9 Å². The summed E-state index contributed by atoms with van der Waals surface area (Å²) < 4.78 is 32.7. The van der Waals surface area contributed by atoms with Crippen molar-refractivity contribution in [1.82, 2.24) is 14.5 Å². The number of hydrogen-bond donors (Lipinski definition) is 1. The molecule has 1 heterocycles. The Morgan fingerprint density at radius 1 is 1.26 bits per heavy atom. The molecule has 0 atom stereocenters. The highest BCUT2D eigenvalue weighted by Crippen LogP contribution is 2.17. The van der Waals surface area contributed by atoms with E-state index in [9.17, 15) is 18.0 Å². The van der Waals surface area contributed by atoms with Gasteiger partial charge in [-0.3, -0.25) is 9.59 Å². The Hall–Kier alpha value is -1.94. The first-order chi connectivity index (χ1) is 12.8. The highest BCUT2D eigenvalue weighted by atomic mass is 35.5. The molecule has 0 aliphatic rings. The van der Waals surface area contributed by atoms with Crippen molar-refractivity contribution >= 4 is 39.2 Å². The minimum Gasteiger partial charge on any atom is -0.466 e. The minimum atomic E-state index is -3.75. The molecule has 0 amide bonds. The normalized spacial score (nSPS) is 11.4. The van der Waals surface area contributed by atoms with Gasteiger partial charge in [-0.25, -0.2) is 13.1 Å². The van der Waals surface area contributed by atoms with E-state index in [0.29, 0.717) is 12.1 Å². The van der Waals surface area contributed by atoms with Crippen molar-refractivity contribution in [3.63, 3.8) is 0 Å². The molecule has 0 aliphatic carbocycles. The van der Waals surface area contributed by atoms with Gasteiger partial charge in [0, 0.05) is 13.0 Å². The number of hydrogen-bond acceptors (Lipinski definition) is 6. The van der Waals surface area contributed by atoms with Crippen LogP contribution in [0.2, 0.25) is 10.0 Å². The summed E-state index contributed by atoms with van der Waals surface area (Å²) in [6, 6.07) is 5.51. The van der Waals surface area contributed by atoms with Crippen LogP contribution < -0.4 is 10.3 Å². The highest BCUT2D eigenvalue weighted by Gasteiger charge is 2.15. The number of aromatic nitrogens is 2. The largest absolute Gasteiger partial charge is 0.466 e. The van der Waals surface area contributed by atoms with Crippen molar-refractivity contribution in [2.45, 2.75) is 24.7 Å². The summed E-state index contributed by atoms with van der Waals surface area (Å²) in [6.45, 7) is 2.08. The molecular weight excluding hydrogens is 417 g/mol. The van der Waals surface area contributed by atoms with Crippen molar-refractivity contribution in [2.75, 3.05) is 13.2 Å². The van der Waals surface area contributed by atoms with Crippen LogP contribution in [0.1, 0.15) is 19.8 Å². The van der Waals surface area contributed by atoms with Crippen LogP contribution in [0.3, 0.4) is 0 Å². The number of rotatable bonds is 8. The Morgan fingerprint density at radius 3 is 2.56 bits per heavy atom. The molecule has 1 N–H and O–H groups in total. The summed E-state index contributed by atoms with van der Waals surface area (Å²) in [7, 11) is -3.75. The van der Waals surface area contributed by atoms with Gasteiger partial charge < -0.3 is 4.74 Å². The lowest BCUT2D eigenvalue weighted by Gasteiger charge is -2.09. The number of benzene rings is 1. The van der Waals surface area contributed by atoms with E-state index < -0.39 is 15.6 Å². The average Bonchev–Trinajstić information content (AvgIpc) is 2.64. The standard InChI is InChI=1S/C16H17Cl2N3O5S/c1-2-26-14(22)4-3-9-20-27(24,25)12-7-5-11(6-8-12)21-16(23)15(18)13(17)10-19-21/h5-8,10,20H,2-4,9H2,1H3. The molecule has 1 aromatic carbocycles. The maximum Gasteiger partial charge on any atom is 0.305 e. The van der Waals surface area contributed by atoms with E-state index in [0.717, 1.165) is 4.68 Å². The van der Waals surface area contributed by atoms with Gasteiger partial charge in [0.15, 0.2) is 0 Å². The van der Waals surface area contributed by atoms with Crippen LogP contribution in [0, 0.1) is 0 Å². The molecule has 0 fully saturated rings. The molecule has 0 spiro atoms. The van der Waals surface area contributed by atoms with Gasteiger partial charge in [0.1, 0.15) is 5.02 Å². The number of nitrogens with one attached hydrogen (secondary N) is 1. The zero-order valence-electron chi connectivity index (χ0n) is 14.3. The van der Waals surface area contributed by atoms with Crippen LogP contribution >= 0.6 is 23.2 Å². The summed E-state index contributed by atoms with van der Waals surface area (Å²) in [6.07, 6.45) is 1.67. The predicted molar refractivity (Wildman–Crippen MR) is 101 cm³/mol. The Morgan fingerprint density at radius 2 is 1.93 bits per heavy atom. The summed E-state index contributed by atoms with van der Waals surface area (Å²) in [5, 5.41) is 3.73. The molecule has 146 valence electrons. The number of ether oxygens (including phenoxy) is 1. The second kappa shape index (κ2) is 9.32. The lowest BCUT2D eigenvalue weighted by molar-refractivity contribution is -0.143. The number of halogens is 2. The lowest BCUT2D eigenvalue weighted by atomic mass is 10.3. The quantitative estimate of drug-likeness (QED) is 0.504. The maximum absolute atomic E-state index is 12.3. The Balaban J connectivity index is 2.07. The molecule has 2 rings (SSSR count). The van der Waals surface area contributed by atoms with Gasteiger partial charge >= 0.3 is 5.97 Å². The van der Waals surface area contributed by atoms with Crippen LogP contribution in [-0.2, 0) is 19.6 Å². The zero-order valence-corrected chi connectivity index (χ0v) is 16.6. The molecule has 0 bridgehead atoms. The molecule has 11 heteroatoms. The number of esters is 1. The molecule has 0 saturated carbocycles. The summed E-state index contributed by atoms with van der Waals surface area (Å²) in [5.41, 5.74) is -0.281. The number of nitrogens with zero attached hydrogens (tertiary/aromatic N) is 2. The second-order valence-electron chi connectivity index (χ2n) is 5.32. The van der Waals surface area contributed by atoms with E-state index >= 15 is 0 Å². The van der Waals surface area contributed by atoms with Gasteiger partial charge in [-0.2, -0.15) is 9.78 Å². The van der Waals surface area contributed by atoms with Crippen LogP contribution in [0.25, 0.3) is 5.69 Å². The zero-order chi connectivity index (χ0) is 20.0. The van der Waals surface area contributed by atoms with Gasteiger partial charge in [-0.05, 0) is 37.6 Å². The fraction of sp³-hybridized carbons (Fsp3) is 0.312. The topological polar surface area (TPSA) is 107 Å². The fourth-order valence-corrected chi connectivity index (χ4v) is 3.45. The molecule has 0 saturated heterocycles. The van der Waals surface area contributed by atoms with Crippen LogP contribution in [0.5, 0.6) is 0 Å². The molecule has 1 aromatic heterocycles. The smallest absolute Gasteiger partial charge is 0.305 e. The van der Waals surface area contributed by atoms with Crippen LogP contribution in [-0.4, -0.2) is 37.3 Å².